The summed E-state index contributed by atoms with van der Waals surface area (Å²) in [6.07, 6.45) is 1.46. The van der Waals surface area contributed by atoms with Crippen LogP contribution < -0.4 is 4.72 Å². The number of hydrogen-bond acceptors (Lipinski definition) is 4. The third-order valence-corrected chi connectivity index (χ3v) is 4.28. The molecule has 0 bridgehead atoms. The third kappa shape index (κ3) is 2.97. The van der Waals surface area contributed by atoms with Gasteiger partial charge in [-0.1, -0.05) is 13.0 Å². The molecule has 0 aliphatic carbocycles. The number of sulfonamides is 1. The molecule has 0 saturated carbocycles. The Kier molecular flexibility index (Phi) is 4.05. The van der Waals surface area contributed by atoms with Crippen LogP contribution in [0.3, 0.4) is 0 Å². The highest BCUT2D eigenvalue weighted by atomic mass is 32.2. The summed E-state index contributed by atoms with van der Waals surface area (Å²) in [5.41, 5.74) is 1.08. The Morgan fingerprint density at radius 2 is 2.20 bits per heavy atom. The van der Waals surface area contributed by atoms with Gasteiger partial charge < -0.3 is 9.67 Å². The van der Waals surface area contributed by atoms with E-state index in [1.807, 2.05) is 0 Å². The highest BCUT2D eigenvalue weighted by Gasteiger charge is 2.15. The summed E-state index contributed by atoms with van der Waals surface area (Å²) < 4.78 is 27.2. The molecule has 0 amide bonds. The van der Waals surface area contributed by atoms with E-state index >= 15 is 0 Å². The number of hydrogen-bond donors (Lipinski definition) is 2. The summed E-state index contributed by atoms with van der Waals surface area (Å²) in [5.74, 6) is -1.19. The third-order valence-electron chi connectivity index (χ3n) is 2.83. The Bertz CT molecular complexity index is 736. The molecule has 0 fully saturated rings. The number of rotatable bonds is 6. The standard InChI is InChI=1S/C12H15N3O4S/c1-2-14-20(18,19)7-6-15-8-13-10-5-3-4-9(11(10)15)12(16)17/h3-5,8,14H,2,6-7H2,1H3,(H,16,17). The Morgan fingerprint density at radius 3 is 2.85 bits per heavy atom. The van der Waals surface area contributed by atoms with Crippen molar-refractivity contribution >= 4 is 27.0 Å². The molecule has 1 heterocycles. The number of para-hydroxylation sites is 1. The van der Waals surface area contributed by atoms with Crippen molar-refractivity contribution < 1.29 is 18.3 Å². The number of benzene rings is 1. The quantitative estimate of drug-likeness (QED) is 0.816. The summed E-state index contributed by atoms with van der Waals surface area (Å²) in [5, 5.41) is 9.17. The van der Waals surface area contributed by atoms with Crippen LogP contribution in [0.4, 0.5) is 0 Å². The van der Waals surface area contributed by atoms with Gasteiger partial charge in [-0.05, 0) is 12.1 Å². The zero-order chi connectivity index (χ0) is 14.8. The van der Waals surface area contributed by atoms with E-state index in [1.165, 1.54) is 12.4 Å². The summed E-state index contributed by atoms with van der Waals surface area (Å²) in [6, 6.07) is 4.78. The monoisotopic (exact) mass is 297 g/mol. The molecule has 20 heavy (non-hydrogen) atoms. The van der Waals surface area contributed by atoms with Crippen molar-refractivity contribution in [1.29, 1.82) is 0 Å². The lowest BCUT2D eigenvalue weighted by Gasteiger charge is -2.07. The normalized spacial score (nSPS) is 11.8. The van der Waals surface area contributed by atoms with Gasteiger partial charge in [0.2, 0.25) is 10.0 Å². The van der Waals surface area contributed by atoms with Crippen molar-refractivity contribution in [1.82, 2.24) is 14.3 Å². The van der Waals surface area contributed by atoms with Crippen LogP contribution in [0, 0.1) is 0 Å². The molecule has 2 aromatic rings. The maximum absolute atomic E-state index is 11.6. The number of imidazole rings is 1. The second-order valence-corrected chi connectivity index (χ2v) is 6.16. The lowest BCUT2D eigenvalue weighted by atomic mass is 10.2. The highest BCUT2D eigenvalue weighted by molar-refractivity contribution is 7.89. The van der Waals surface area contributed by atoms with Crippen LogP contribution in [0.5, 0.6) is 0 Å². The minimum atomic E-state index is -3.36. The van der Waals surface area contributed by atoms with Gasteiger partial charge in [-0.2, -0.15) is 0 Å². The first-order chi connectivity index (χ1) is 9.44. The van der Waals surface area contributed by atoms with Gasteiger partial charge in [-0.15, -0.1) is 0 Å². The van der Waals surface area contributed by atoms with Crippen molar-refractivity contribution in [3.05, 3.63) is 30.1 Å². The Labute approximate surface area is 116 Å². The van der Waals surface area contributed by atoms with Crippen LogP contribution in [-0.2, 0) is 16.6 Å². The molecule has 0 spiro atoms. The molecule has 108 valence electrons. The van der Waals surface area contributed by atoms with Crippen molar-refractivity contribution in [2.24, 2.45) is 0 Å². The maximum Gasteiger partial charge on any atom is 0.337 e. The number of carbonyl (C=O) groups is 1. The predicted molar refractivity (Wildman–Crippen MR) is 74.2 cm³/mol. The number of aromatic carboxylic acids is 1. The molecule has 2 rings (SSSR count). The van der Waals surface area contributed by atoms with E-state index in [1.54, 1.807) is 23.6 Å². The van der Waals surface area contributed by atoms with Crippen LogP contribution in [0.25, 0.3) is 11.0 Å². The van der Waals surface area contributed by atoms with Crippen molar-refractivity contribution in [2.75, 3.05) is 12.3 Å². The van der Waals surface area contributed by atoms with Gasteiger partial charge >= 0.3 is 5.97 Å². The average molecular weight is 297 g/mol. The first kappa shape index (κ1) is 14.5. The van der Waals surface area contributed by atoms with E-state index in [0.717, 1.165) is 0 Å². The molecule has 0 aliphatic rings. The largest absolute Gasteiger partial charge is 0.478 e. The summed E-state index contributed by atoms with van der Waals surface area (Å²) in [4.78, 5) is 15.3. The van der Waals surface area contributed by atoms with Crippen molar-refractivity contribution in [3.63, 3.8) is 0 Å². The van der Waals surface area contributed by atoms with Gasteiger partial charge in [0.25, 0.3) is 0 Å². The Balaban J connectivity index is 2.34. The van der Waals surface area contributed by atoms with Gasteiger partial charge in [0.1, 0.15) is 0 Å². The molecule has 2 N–H and O–H groups in total. The number of carboxylic acid groups (broad SMARTS) is 1. The molecule has 1 aromatic heterocycles. The molecule has 1 aromatic carbocycles. The summed E-state index contributed by atoms with van der Waals surface area (Å²) >= 11 is 0. The number of aryl methyl sites for hydroxylation is 1. The second kappa shape index (κ2) is 5.59. The lowest BCUT2D eigenvalue weighted by Crippen LogP contribution is -2.28. The van der Waals surface area contributed by atoms with Gasteiger partial charge in [0.15, 0.2) is 0 Å². The van der Waals surface area contributed by atoms with E-state index in [4.69, 9.17) is 5.11 Å². The topological polar surface area (TPSA) is 101 Å². The molecular weight excluding hydrogens is 282 g/mol. The highest BCUT2D eigenvalue weighted by Crippen LogP contribution is 2.18. The predicted octanol–water partition coefficient (Wildman–Crippen LogP) is 0.674. The number of fused-ring (bicyclic) bond motifs is 1. The van der Waals surface area contributed by atoms with Crippen LogP contribution in [0.15, 0.2) is 24.5 Å². The van der Waals surface area contributed by atoms with Crippen LogP contribution >= 0.6 is 0 Å². The summed E-state index contributed by atoms with van der Waals surface area (Å²) in [7, 11) is -3.36. The minimum absolute atomic E-state index is 0.112. The van der Waals surface area contributed by atoms with E-state index in [2.05, 4.69) is 9.71 Å². The molecule has 0 aliphatic heterocycles. The number of nitrogens with one attached hydrogen (secondary N) is 1. The number of carboxylic acids is 1. The van der Waals surface area contributed by atoms with Gasteiger partial charge in [-0.25, -0.2) is 22.9 Å². The van der Waals surface area contributed by atoms with Crippen molar-refractivity contribution in [2.45, 2.75) is 13.5 Å². The van der Waals surface area contributed by atoms with E-state index in [0.29, 0.717) is 17.6 Å². The molecule has 0 saturated heterocycles. The Morgan fingerprint density at radius 1 is 1.45 bits per heavy atom. The zero-order valence-electron chi connectivity index (χ0n) is 10.9. The number of aromatic nitrogens is 2. The average Bonchev–Trinajstić information content (AvgIpc) is 2.79. The maximum atomic E-state index is 11.6. The SMILES string of the molecule is CCNS(=O)(=O)CCn1cnc2cccc(C(=O)O)c21. The fraction of sp³-hybridized carbons (Fsp3) is 0.333. The van der Waals surface area contributed by atoms with Crippen molar-refractivity contribution in [3.8, 4) is 0 Å². The Hall–Kier alpha value is -1.93. The van der Waals surface area contributed by atoms with E-state index < -0.39 is 16.0 Å². The second-order valence-electron chi connectivity index (χ2n) is 4.23. The first-order valence-electron chi connectivity index (χ1n) is 6.09. The molecule has 7 nitrogen and oxygen atoms in total. The fourth-order valence-corrected chi connectivity index (χ4v) is 3.00. The molecule has 0 atom stereocenters. The lowest BCUT2D eigenvalue weighted by molar-refractivity contribution is 0.0698. The van der Waals surface area contributed by atoms with Crippen LogP contribution in [0.2, 0.25) is 0 Å². The van der Waals surface area contributed by atoms with Crippen LogP contribution in [0.1, 0.15) is 17.3 Å². The first-order valence-corrected chi connectivity index (χ1v) is 7.74. The number of nitrogens with zero attached hydrogens (tertiary/aromatic N) is 2. The molecule has 8 heteroatoms. The molecule has 0 radical (unpaired) electrons. The smallest absolute Gasteiger partial charge is 0.337 e. The van der Waals surface area contributed by atoms with Gasteiger partial charge in [0, 0.05) is 13.1 Å². The minimum Gasteiger partial charge on any atom is -0.478 e. The summed E-state index contributed by atoms with van der Waals surface area (Å²) in [6.45, 7) is 2.18. The van der Waals surface area contributed by atoms with Gasteiger partial charge in [0.05, 0.1) is 28.7 Å². The van der Waals surface area contributed by atoms with Crippen LogP contribution in [-0.4, -0.2) is 41.3 Å². The van der Waals surface area contributed by atoms with E-state index in [9.17, 15) is 13.2 Å². The van der Waals surface area contributed by atoms with Gasteiger partial charge in [-0.3, -0.25) is 0 Å². The fourth-order valence-electron chi connectivity index (χ4n) is 1.98. The van der Waals surface area contributed by atoms with E-state index in [-0.39, 0.29) is 17.9 Å². The zero-order valence-corrected chi connectivity index (χ0v) is 11.7. The molecule has 0 unspecified atom stereocenters. The molecular formula is C12H15N3O4S.